The van der Waals surface area contributed by atoms with Gasteiger partial charge in [-0.15, -0.1) is 11.8 Å². The van der Waals surface area contributed by atoms with Crippen molar-refractivity contribution >= 4 is 23.5 Å². The second-order valence-electron chi connectivity index (χ2n) is 4.55. The zero-order valence-electron chi connectivity index (χ0n) is 12.1. The Morgan fingerprint density at radius 2 is 1.62 bits per heavy atom. The molecule has 0 aliphatic carbocycles. The van der Waals surface area contributed by atoms with E-state index in [9.17, 15) is 0 Å². The highest BCUT2D eigenvalue weighted by molar-refractivity contribution is 7.99. The molecule has 0 amide bonds. The van der Waals surface area contributed by atoms with Crippen molar-refractivity contribution in [1.82, 2.24) is 0 Å². The van der Waals surface area contributed by atoms with Gasteiger partial charge in [0.05, 0.1) is 0 Å². The highest BCUT2D eigenvalue weighted by atomic mass is 32.2. The van der Waals surface area contributed by atoms with Crippen LogP contribution < -0.4 is 4.74 Å². The molecule has 0 aliphatic rings. The third-order valence-electron chi connectivity index (χ3n) is 3.03. The van der Waals surface area contributed by atoms with E-state index in [1.165, 1.54) is 16.0 Å². The van der Waals surface area contributed by atoms with Crippen molar-refractivity contribution in [2.45, 2.75) is 22.8 Å². The Morgan fingerprint density at radius 1 is 0.905 bits per heavy atom. The minimum Gasteiger partial charge on any atom is -0.490 e. The van der Waals surface area contributed by atoms with Gasteiger partial charge in [0.1, 0.15) is 12.9 Å². The molecular formula is C18H20OS2. The second-order valence-corrected chi connectivity index (χ2v) is 6.68. The van der Waals surface area contributed by atoms with Crippen molar-refractivity contribution < 1.29 is 4.74 Å². The van der Waals surface area contributed by atoms with E-state index in [1.54, 1.807) is 0 Å². The van der Waals surface area contributed by atoms with Gasteiger partial charge in [-0.2, -0.15) is 11.8 Å². The van der Waals surface area contributed by atoms with Crippen molar-refractivity contribution in [1.29, 1.82) is 0 Å². The largest absolute Gasteiger partial charge is 0.490 e. The summed E-state index contributed by atoms with van der Waals surface area (Å²) in [6.07, 6.45) is 0.980. The Hall–Kier alpha value is -1.06. The van der Waals surface area contributed by atoms with E-state index in [-0.39, 0.29) is 0 Å². The van der Waals surface area contributed by atoms with Crippen LogP contribution in [0.3, 0.4) is 0 Å². The first-order valence-corrected chi connectivity index (χ1v) is 9.07. The molecule has 0 bridgehead atoms. The number of benzene rings is 2. The van der Waals surface area contributed by atoms with Crippen molar-refractivity contribution in [3.05, 3.63) is 73.7 Å². The maximum atomic E-state index is 5.17. The zero-order chi connectivity index (χ0) is 14.9. The SMILES string of the molecule is [CH2]CCSCc1ccccc1SCc1ccccc1O[CH2]. The van der Waals surface area contributed by atoms with Gasteiger partial charge in [-0.1, -0.05) is 43.3 Å². The summed E-state index contributed by atoms with van der Waals surface area (Å²) in [5.41, 5.74) is 2.58. The average Bonchev–Trinajstić information content (AvgIpc) is 2.54. The van der Waals surface area contributed by atoms with Crippen LogP contribution in [-0.2, 0) is 11.5 Å². The summed E-state index contributed by atoms with van der Waals surface area (Å²) in [7, 11) is 3.52. The van der Waals surface area contributed by atoms with Crippen LogP contribution in [0.1, 0.15) is 17.5 Å². The molecule has 0 atom stereocenters. The van der Waals surface area contributed by atoms with Gasteiger partial charge in [0.2, 0.25) is 0 Å². The second kappa shape index (κ2) is 9.06. The number of para-hydroxylation sites is 1. The van der Waals surface area contributed by atoms with Gasteiger partial charge in [0.25, 0.3) is 0 Å². The van der Waals surface area contributed by atoms with E-state index in [2.05, 4.69) is 44.4 Å². The molecule has 0 spiro atoms. The molecule has 2 aromatic rings. The number of hydrogen-bond donors (Lipinski definition) is 0. The maximum Gasteiger partial charge on any atom is 0.123 e. The lowest BCUT2D eigenvalue weighted by Gasteiger charge is -2.11. The minimum atomic E-state index is 0.855. The molecule has 0 unspecified atom stereocenters. The molecule has 0 saturated heterocycles. The van der Waals surface area contributed by atoms with E-state index in [0.717, 1.165) is 29.4 Å². The van der Waals surface area contributed by atoms with Crippen molar-refractivity contribution in [3.63, 3.8) is 0 Å². The summed E-state index contributed by atoms with van der Waals surface area (Å²) in [4.78, 5) is 1.34. The van der Waals surface area contributed by atoms with E-state index in [0.29, 0.717) is 0 Å². The van der Waals surface area contributed by atoms with Gasteiger partial charge < -0.3 is 4.74 Å². The van der Waals surface area contributed by atoms with Gasteiger partial charge in [0.15, 0.2) is 0 Å². The fourth-order valence-electron chi connectivity index (χ4n) is 1.97. The van der Waals surface area contributed by atoms with Crippen LogP contribution in [0.5, 0.6) is 5.75 Å². The Bertz CT molecular complexity index is 554. The van der Waals surface area contributed by atoms with Gasteiger partial charge in [-0.25, -0.2) is 0 Å². The van der Waals surface area contributed by atoms with Crippen LogP contribution in [-0.4, -0.2) is 5.75 Å². The monoisotopic (exact) mass is 316 g/mol. The first kappa shape index (κ1) is 16.3. The number of ether oxygens (including phenoxy) is 1. The lowest BCUT2D eigenvalue weighted by Crippen LogP contribution is -1.90. The smallest absolute Gasteiger partial charge is 0.123 e. The average molecular weight is 316 g/mol. The molecule has 0 heterocycles. The van der Waals surface area contributed by atoms with E-state index < -0.39 is 0 Å². The van der Waals surface area contributed by atoms with Crippen molar-refractivity contribution in [2.75, 3.05) is 5.75 Å². The summed E-state index contributed by atoms with van der Waals surface area (Å²) in [6.45, 7) is 3.89. The number of thioether (sulfide) groups is 2. The molecular weight excluding hydrogens is 296 g/mol. The Morgan fingerprint density at radius 3 is 2.38 bits per heavy atom. The van der Waals surface area contributed by atoms with Crippen LogP contribution in [0, 0.1) is 14.0 Å². The molecule has 0 aromatic heterocycles. The molecule has 21 heavy (non-hydrogen) atoms. The zero-order valence-corrected chi connectivity index (χ0v) is 13.7. The van der Waals surface area contributed by atoms with Crippen LogP contribution in [0.15, 0.2) is 53.4 Å². The molecule has 2 rings (SSSR count). The molecule has 0 aliphatic heterocycles. The topological polar surface area (TPSA) is 9.23 Å². The lowest BCUT2D eigenvalue weighted by atomic mass is 10.2. The normalized spacial score (nSPS) is 10.6. The standard InChI is InChI=1S/C18H20OS2/c1-3-12-20-13-16-9-5-7-11-18(16)21-14-15-8-4-6-10-17(15)19-2/h4-11H,1-3,12-14H2. The Kier molecular flexibility index (Phi) is 7.04. The first-order chi connectivity index (χ1) is 10.3. The van der Waals surface area contributed by atoms with Crippen molar-refractivity contribution in [2.24, 2.45) is 0 Å². The number of hydrogen-bond acceptors (Lipinski definition) is 3. The number of rotatable bonds is 8. The van der Waals surface area contributed by atoms with E-state index >= 15 is 0 Å². The fourth-order valence-corrected chi connectivity index (χ4v) is 3.93. The Balaban J connectivity index is 2.02. The highest BCUT2D eigenvalue weighted by Crippen LogP contribution is 2.31. The van der Waals surface area contributed by atoms with Gasteiger partial charge >= 0.3 is 0 Å². The Labute approximate surface area is 136 Å². The van der Waals surface area contributed by atoms with Gasteiger partial charge in [-0.3, -0.25) is 0 Å². The summed E-state index contributed by atoms with van der Waals surface area (Å²) in [5, 5.41) is 0. The van der Waals surface area contributed by atoms with E-state index in [4.69, 9.17) is 4.74 Å². The van der Waals surface area contributed by atoms with Crippen molar-refractivity contribution in [3.8, 4) is 5.75 Å². The molecule has 110 valence electrons. The van der Waals surface area contributed by atoms with Crippen LogP contribution in [0.2, 0.25) is 0 Å². The predicted octanol–water partition coefficient (Wildman–Crippen LogP) is 5.61. The van der Waals surface area contributed by atoms with Gasteiger partial charge in [0, 0.05) is 22.0 Å². The quantitative estimate of drug-likeness (QED) is 0.463. The van der Waals surface area contributed by atoms with Gasteiger partial charge in [-0.05, 0) is 29.9 Å². The lowest BCUT2D eigenvalue weighted by molar-refractivity contribution is 0.469. The third-order valence-corrected chi connectivity index (χ3v) is 5.29. The molecule has 2 radical (unpaired) electrons. The summed E-state index contributed by atoms with van der Waals surface area (Å²) in [5.74, 6) is 3.90. The molecule has 0 N–H and O–H groups in total. The molecule has 2 aromatic carbocycles. The fraction of sp³-hybridized carbons (Fsp3) is 0.222. The van der Waals surface area contributed by atoms with Crippen LogP contribution in [0.25, 0.3) is 0 Å². The minimum absolute atomic E-state index is 0.855. The third kappa shape index (κ3) is 5.01. The molecule has 0 saturated carbocycles. The first-order valence-electron chi connectivity index (χ1n) is 6.92. The summed E-state index contributed by atoms with van der Waals surface area (Å²) in [6, 6.07) is 16.7. The predicted molar refractivity (Wildman–Crippen MR) is 94.6 cm³/mol. The molecule has 1 nitrogen and oxygen atoms in total. The summed E-state index contributed by atoms with van der Waals surface area (Å²) >= 11 is 3.79. The van der Waals surface area contributed by atoms with Crippen LogP contribution in [0.4, 0.5) is 0 Å². The van der Waals surface area contributed by atoms with E-state index in [1.807, 2.05) is 41.7 Å². The van der Waals surface area contributed by atoms with Crippen LogP contribution >= 0.6 is 23.5 Å². The highest BCUT2D eigenvalue weighted by Gasteiger charge is 2.06. The maximum absolute atomic E-state index is 5.17. The molecule has 3 heteroatoms. The molecule has 0 fully saturated rings. The summed E-state index contributed by atoms with van der Waals surface area (Å²) < 4.78 is 5.17.